The largest absolute Gasteiger partial charge is 0.508 e. The lowest BCUT2D eigenvalue weighted by molar-refractivity contribution is -0.137. The topological polar surface area (TPSA) is 197 Å². The van der Waals surface area contributed by atoms with Gasteiger partial charge in [-0.05, 0) is 38.3 Å². The Morgan fingerprint density at radius 2 is 1.76 bits per heavy atom. The van der Waals surface area contributed by atoms with Crippen molar-refractivity contribution in [3.8, 4) is 5.75 Å². The number of carbonyl (C=O) groups is 5. The average Bonchev–Trinajstić information content (AvgIpc) is 2.83. The zero-order valence-electron chi connectivity index (χ0n) is 21.4. The van der Waals surface area contributed by atoms with Gasteiger partial charge in [-0.3, -0.25) is 19.2 Å². The van der Waals surface area contributed by atoms with Gasteiger partial charge in [-0.15, -0.1) is 0 Å². The van der Waals surface area contributed by atoms with E-state index in [2.05, 4.69) is 16.0 Å². The monoisotopic (exact) mass is 520 g/mol. The van der Waals surface area contributed by atoms with Crippen LogP contribution in [0.1, 0.15) is 49.5 Å². The van der Waals surface area contributed by atoms with Gasteiger partial charge in [0.25, 0.3) is 5.91 Å². The molecule has 0 aromatic heterocycles. The number of rotatable bonds is 14. The van der Waals surface area contributed by atoms with E-state index in [1.807, 2.05) is 0 Å². The van der Waals surface area contributed by atoms with Gasteiger partial charge in [0.05, 0.1) is 13.2 Å². The minimum absolute atomic E-state index is 0.0665. The molecule has 12 heteroatoms. The van der Waals surface area contributed by atoms with Crippen LogP contribution >= 0.6 is 0 Å². The quantitative estimate of drug-likeness (QED) is 0.143. The van der Waals surface area contributed by atoms with Crippen LogP contribution in [0.25, 0.3) is 0 Å². The Morgan fingerprint density at radius 1 is 1.08 bits per heavy atom. The van der Waals surface area contributed by atoms with Gasteiger partial charge in [-0.25, -0.2) is 4.79 Å². The molecule has 0 saturated carbocycles. The fourth-order valence-corrected chi connectivity index (χ4v) is 3.26. The number of esters is 1. The Labute approximate surface area is 215 Å². The third kappa shape index (κ3) is 10.3. The fourth-order valence-electron chi connectivity index (χ4n) is 3.26. The van der Waals surface area contributed by atoms with E-state index in [1.165, 1.54) is 24.3 Å². The lowest BCUT2D eigenvalue weighted by atomic mass is 10.0. The molecular weight excluding hydrogens is 484 g/mol. The lowest BCUT2D eigenvalue weighted by Gasteiger charge is -2.25. The van der Waals surface area contributed by atoms with Crippen LogP contribution < -0.4 is 21.7 Å². The van der Waals surface area contributed by atoms with Crippen LogP contribution in [0.15, 0.2) is 30.4 Å². The van der Waals surface area contributed by atoms with Crippen LogP contribution in [-0.4, -0.2) is 71.2 Å². The van der Waals surface area contributed by atoms with Crippen LogP contribution in [-0.2, 0) is 23.9 Å². The highest BCUT2D eigenvalue weighted by atomic mass is 16.5. The SMILES string of the molecule is CCOC(=O)/C=C/C(CCC(N)=O)NC(=O)C(CO)NC(=O)C(NC(=O)c1cccc(O)c1C)C(C)C. The Hall–Kier alpha value is -3.93. The maximum Gasteiger partial charge on any atom is 0.330 e. The van der Waals surface area contributed by atoms with Crippen molar-refractivity contribution in [1.82, 2.24) is 16.0 Å². The highest BCUT2D eigenvalue weighted by molar-refractivity contribution is 5.99. The van der Waals surface area contributed by atoms with Crippen LogP contribution in [0.5, 0.6) is 5.75 Å². The zero-order valence-corrected chi connectivity index (χ0v) is 21.4. The molecule has 1 aromatic rings. The molecule has 0 spiro atoms. The van der Waals surface area contributed by atoms with Crippen molar-refractivity contribution in [1.29, 1.82) is 0 Å². The average molecular weight is 521 g/mol. The minimum atomic E-state index is -1.39. The van der Waals surface area contributed by atoms with Crippen LogP contribution in [0.3, 0.4) is 0 Å². The molecule has 0 aliphatic heterocycles. The summed E-state index contributed by atoms with van der Waals surface area (Å²) in [6, 6.07) is 1.16. The van der Waals surface area contributed by atoms with Crippen LogP contribution in [0, 0.1) is 12.8 Å². The Bertz CT molecular complexity index is 1010. The summed E-state index contributed by atoms with van der Waals surface area (Å²) in [4.78, 5) is 61.3. The van der Waals surface area contributed by atoms with Gasteiger partial charge in [0, 0.05) is 29.7 Å². The summed E-state index contributed by atoms with van der Waals surface area (Å²) < 4.78 is 4.79. The van der Waals surface area contributed by atoms with Gasteiger partial charge in [0.1, 0.15) is 17.8 Å². The van der Waals surface area contributed by atoms with Crippen molar-refractivity contribution in [2.24, 2.45) is 11.7 Å². The zero-order chi connectivity index (χ0) is 28.1. The van der Waals surface area contributed by atoms with Gasteiger partial charge < -0.3 is 36.6 Å². The molecule has 1 aromatic carbocycles. The van der Waals surface area contributed by atoms with E-state index in [9.17, 15) is 34.2 Å². The minimum Gasteiger partial charge on any atom is -0.508 e. The first-order chi connectivity index (χ1) is 17.4. The first-order valence-electron chi connectivity index (χ1n) is 11.8. The summed E-state index contributed by atoms with van der Waals surface area (Å²) in [5, 5.41) is 27.2. The molecule has 0 heterocycles. The fraction of sp³-hybridized carbons (Fsp3) is 0.480. The molecule has 1 rings (SSSR count). The number of nitrogens with one attached hydrogen (secondary N) is 3. The van der Waals surface area contributed by atoms with Gasteiger partial charge in [0.15, 0.2) is 0 Å². The number of aliphatic hydroxyl groups excluding tert-OH is 1. The van der Waals surface area contributed by atoms with E-state index in [4.69, 9.17) is 10.5 Å². The molecule has 12 nitrogen and oxygen atoms in total. The maximum atomic E-state index is 13.0. The number of hydrogen-bond donors (Lipinski definition) is 6. The summed E-state index contributed by atoms with van der Waals surface area (Å²) >= 11 is 0. The third-order valence-corrected chi connectivity index (χ3v) is 5.38. The number of benzene rings is 1. The molecule has 204 valence electrons. The van der Waals surface area contributed by atoms with Crippen molar-refractivity contribution in [3.63, 3.8) is 0 Å². The van der Waals surface area contributed by atoms with Crippen molar-refractivity contribution in [2.75, 3.05) is 13.2 Å². The molecule has 37 heavy (non-hydrogen) atoms. The molecule has 0 fully saturated rings. The number of primary amides is 1. The molecule has 0 radical (unpaired) electrons. The number of ether oxygens (including phenoxy) is 1. The van der Waals surface area contributed by atoms with E-state index in [0.717, 1.165) is 6.08 Å². The predicted molar refractivity (Wildman–Crippen MR) is 134 cm³/mol. The number of carbonyl (C=O) groups excluding carboxylic acids is 5. The maximum absolute atomic E-state index is 13.0. The smallest absolute Gasteiger partial charge is 0.330 e. The number of phenolic OH excluding ortho intramolecular Hbond substituents is 1. The first-order valence-corrected chi connectivity index (χ1v) is 11.8. The lowest BCUT2D eigenvalue weighted by Crippen LogP contribution is -2.57. The predicted octanol–water partition coefficient (Wildman–Crippen LogP) is -0.198. The molecule has 0 aliphatic rings. The van der Waals surface area contributed by atoms with Crippen molar-refractivity contribution in [2.45, 2.75) is 58.7 Å². The van der Waals surface area contributed by atoms with E-state index < -0.39 is 54.3 Å². The number of aliphatic hydroxyl groups is 1. The summed E-state index contributed by atoms with van der Waals surface area (Å²) in [6.45, 7) is 5.96. The van der Waals surface area contributed by atoms with Gasteiger partial charge in [-0.1, -0.05) is 26.0 Å². The third-order valence-electron chi connectivity index (χ3n) is 5.38. The number of aromatic hydroxyl groups is 1. The number of phenols is 1. The van der Waals surface area contributed by atoms with Crippen LogP contribution in [0.2, 0.25) is 0 Å². The molecule has 0 saturated heterocycles. The second kappa shape index (κ2) is 15.2. The van der Waals surface area contributed by atoms with Crippen molar-refractivity contribution in [3.05, 3.63) is 41.5 Å². The molecular formula is C25H36N4O8. The summed E-state index contributed by atoms with van der Waals surface area (Å²) in [5.41, 5.74) is 5.70. The second-order valence-electron chi connectivity index (χ2n) is 8.62. The standard InChI is InChI=1S/C25H36N4O8/c1-5-37-21(33)12-10-16(9-11-20(26)32)27-24(35)18(13-30)28-25(36)22(14(2)3)29-23(34)17-7-6-8-19(31)15(17)4/h6-8,10,12,14,16,18,22,30-31H,5,9,11,13H2,1-4H3,(H2,26,32)(H,27,35)(H,28,36)(H,29,34)/b12-10+. The van der Waals surface area contributed by atoms with Crippen molar-refractivity contribution >= 4 is 29.6 Å². The van der Waals surface area contributed by atoms with Crippen LogP contribution in [0.4, 0.5) is 0 Å². The normalized spacial score (nSPS) is 13.5. The summed E-state index contributed by atoms with van der Waals surface area (Å²) in [7, 11) is 0. The summed E-state index contributed by atoms with van der Waals surface area (Å²) in [5.74, 6) is -3.82. The highest BCUT2D eigenvalue weighted by Gasteiger charge is 2.30. The Morgan fingerprint density at radius 3 is 2.32 bits per heavy atom. The Kier molecular flexibility index (Phi) is 12.8. The molecule has 0 aliphatic carbocycles. The van der Waals surface area contributed by atoms with E-state index in [0.29, 0.717) is 5.56 Å². The molecule has 4 amide bonds. The number of nitrogens with two attached hydrogens (primary N) is 1. The Balaban J connectivity index is 2.96. The molecule has 7 N–H and O–H groups in total. The second-order valence-corrected chi connectivity index (χ2v) is 8.62. The summed E-state index contributed by atoms with van der Waals surface area (Å²) in [6.07, 6.45) is 2.39. The van der Waals surface area contributed by atoms with Gasteiger partial charge in [-0.2, -0.15) is 0 Å². The first kappa shape index (κ1) is 31.1. The van der Waals surface area contributed by atoms with Crippen molar-refractivity contribution < 1.29 is 38.9 Å². The number of amides is 4. The molecule has 0 bridgehead atoms. The molecule has 3 atom stereocenters. The van der Waals surface area contributed by atoms with E-state index in [1.54, 1.807) is 27.7 Å². The van der Waals surface area contributed by atoms with E-state index in [-0.39, 0.29) is 36.7 Å². The highest BCUT2D eigenvalue weighted by Crippen LogP contribution is 2.19. The van der Waals surface area contributed by atoms with Gasteiger partial charge >= 0.3 is 5.97 Å². The van der Waals surface area contributed by atoms with E-state index >= 15 is 0 Å². The van der Waals surface area contributed by atoms with Gasteiger partial charge in [0.2, 0.25) is 17.7 Å². The number of hydrogen-bond acceptors (Lipinski definition) is 8. The molecule has 3 unspecified atom stereocenters.